The first kappa shape index (κ1) is 15.6. The molecule has 1 heterocycles. The highest BCUT2D eigenvalue weighted by molar-refractivity contribution is 5.96. The maximum absolute atomic E-state index is 13.1. The lowest BCUT2D eigenvalue weighted by Gasteiger charge is -2.19. The van der Waals surface area contributed by atoms with Crippen LogP contribution in [0.4, 0.5) is 13.2 Å². The Bertz CT molecular complexity index is 719. The van der Waals surface area contributed by atoms with Crippen molar-refractivity contribution in [1.29, 1.82) is 0 Å². The fourth-order valence-electron chi connectivity index (χ4n) is 2.65. The van der Waals surface area contributed by atoms with Gasteiger partial charge in [0.1, 0.15) is 5.82 Å². The normalized spacial score (nSPS) is 16.2. The third-order valence-electron chi connectivity index (χ3n) is 3.99. The van der Waals surface area contributed by atoms with E-state index in [1.807, 2.05) is 0 Å². The molecule has 0 aliphatic heterocycles. The van der Waals surface area contributed by atoms with E-state index in [1.54, 1.807) is 24.0 Å². The number of rotatable bonds is 4. The van der Waals surface area contributed by atoms with Crippen molar-refractivity contribution >= 4 is 5.91 Å². The molecule has 1 fully saturated rings. The lowest BCUT2D eigenvalue weighted by Crippen LogP contribution is -2.33. The van der Waals surface area contributed by atoms with Gasteiger partial charge in [-0.3, -0.25) is 4.79 Å². The van der Waals surface area contributed by atoms with Gasteiger partial charge >= 0.3 is 6.18 Å². The molecule has 1 aromatic heterocycles. The molecule has 1 N–H and O–H groups in total. The largest absolute Gasteiger partial charge is 0.417 e. The second-order valence-corrected chi connectivity index (χ2v) is 5.73. The zero-order valence-electron chi connectivity index (χ0n) is 12.5. The zero-order valence-corrected chi connectivity index (χ0v) is 12.5. The molecule has 0 radical (unpaired) electrons. The third-order valence-corrected chi connectivity index (χ3v) is 3.99. The standard InChI is InChI=1S/C16H16F3N3O/c1-22-9-8-20-14(22)13(10-6-7-10)21-15(23)11-4-2-3-5-12(11)16(17,18)19/h2-5,8-10,13H,6-7H2,1H3,(H,21,23). The summed E-state index contributed by atoms with van der Waals surface area (Å²) in [6, 6.07) is 4.44. The fraction of sp³-hybridized carbons (Fsp3) is 0.375. The third kappa shape index (κ3) is 3.23. The van der Waals surface area contributed by atoms with E-state index in [1.165, 1.54) is 18.2 Å². The minimum Gasteiger partial charge on any atom is -0.342 e. The number of carbonyl (C=O) groups is 1. The number of amides is 1. The molecule has 23 heavy (non-hydrogen) atoms. The van der Waals surface area contributed by atoms with Gasteiger partial charge in [0.2, 0.25) is 0 Å². The van der Waals surface area contributed by atoms with E-state index in [-0.39, 0.29) is 17.5 Å². The molecule has 0 saturated heterocycles. The van der Waals surface area contributed by atoms with Crippen LogP contribution < -0.4 is 5.32 Å². The lowest BCUT2D eigenvalue weighted by molar-refractivity contribution is -0.137. The highest BCUT2D eigenvalue weighted by Gasteiger charge is 2.38. The second-order valence-electron chi connectivity index (χ2n) is 5.73. The quantitative estimate of drug-likeness (QED) is 0.938. The summed E-state index contributed by atoms with van der Waals surface area (Å²) in [7, 11) is 1.80. The monoisotopic (exact) mass is 323 g/mol. The molecular formula is C16H16F3N3O. The molecule has 0 spiro atoms. The van der Waals surface area contributed by atoms with Gasteiger partial charge in [0.05, 0.1) is 17.2 Å². The minimum absolute atomic E-state index is 0.220. The molecule has 1 unspecified atom stereocenters. The number of hydrogen-bond donors (Lipinski definition) is 1. The number of alkyl halides is 3. The predicted octanol–water partition coefficient (Wildman–Crippen LogP) is 3.32. The molecule has 1 aliphatic rings. The number of imidazole rings is 1. The van der Waals surface area contributed by atoms with Crippen molar-refractivity contribution in [3.05, 3.63) is 53.6 Å². The smallest absolute Gasteiger partial charge is 0.342 e. The van der Waals surface area contributed by atoms with Crippen LogP contribution in [0.3, 0.4) is 0 Å². The Kier molecular flexibility index (Phi) is 3.87. The van der Waals surface area contributed by atoms with E-state index in [2.05, 4.69) is 10.3 Å². The molecule has 1 saturated carbocycles. The SMILES string of the molecule is Cn1ccnc1C(NC(=O)c1ccccc1C(F)(F)F)C1CC1. The zero-order chi connectivity index (χ0) is 16.6. The van der Waals surface area contributed by atoms with Crippen LogP contribution in [-0.4, -0.2) is 15.5 Å². The van der Waals surface area contributed by atoms with Crippen molar-refractivity contribution in [1.82, 2.24) is 14.9 Å². The van der Waals surface area contributed by atoms with Gasteiger partial charge in [-0.2, -0.15) is 13.2 Å². The van der Waals surface area contributed by atoms with Gasteiger partial charge in [0, 0.05) is 19.4 Å². The van der Waals surface area contributed by atoms with Crippen LogP contribution in [0, 0.1) is 5.92 Å². The number of hydrogen-bond acceptors (Lipinski definition) is 2. The van der Waals surface area contributed by atoms with Crippen molar-refractivity contribution in [2.75, 3.05) is 0 Å². The summed E-state index contributed by atoms with van der Waals surface area (Å²) in [4.78, 5) is 16.6. The van der Waals surface area contributed by atoms with Gasteiger partial charge in [0.15, 0.2) is 0 Å². The molecule has 0 bridgehead atoms. The number of benzene rings is 1. The van der Waals surface area contributed by atoms with Gasteiger partial charge in [0.25, 0.3) is 5.91 Å². The van der Waals surface area contributed by atoms with E-state index in [9.17, 15) is 18.0 Å². The average Bonchev–Trinajstić information content (AvgIpc) is 3.26. The van der Waals surface area contributed by atoms with E-state index < -0.39 is 17.6 Å². The maximum Gasteiger partial charge on any atom is 0.417 e. The lowest BCUT2D eigenvalue weighted by atomic mass is 10.0. The Morgan fingerprint density at radius 2 is 2.04 bits per heavy atom. The van der Waals surface area contributed by atoms with E-state index in [4.69, 9.17) is 0 Å². The van der Waals surface area contributed by atoms with Crippen LogP contribution in [0.25, 0.3) is 0 Å². The molecule has 1 amide bonds. The predicted molar refractivity (Wildman–Crippen MR) is 77.6 cm³/mol. The van der Waals surface area contributed by atoms with Crippen molar-refractivity contribution < 1.29 is 18.0 Å². The van der Waals surface area contributed by atoms with Crippen LogP contribution in [0.1, 0.15) is 40.6 Å². The molecule has 1 atom stereocenters. The first-order chi connectivity index (χ1) is 10.9. The van der Waals surface area contributed by atoms with Crippen LogP contribution in [-0.2, 0) is 13.2 Å². The Labute approximate surface area is 131 Å². The van der Waals surface area contributed by atoms with Gasteiger partial charge in [-0.15, -0.1) is 0 Å². The summed E-state index contributed by atoms with van der Waals surface area (Å²) in [6.45, 7) is 0. The fourth-order valence-corrected chi connectivity index (χ4v) is 2.65. The maximum atomic E-state index is 13.1. The molecule has 1 aliphatic carbocycles. The van der Waals surface area contributed by atoms with E-state index in [0.717, 1.165) is 18.9 Å². The summed E-state index contributed by atoms with van der Waals surface area (Å²) in [6.07, 6.45) is 0.657. The molecular weight excluding hydrogens is 307 g/mol. The first-order valence-corrected chi connectivity index (χ1v) is 7.32. The van der Waals surface area contributed by atoms with E-state index >= 15 is 0 Å². The highest BCUT2D eigenvalue weighted by atomic mass is 19.4. The molecule has 122 valence electrons. The molecule has 3 rings (SSSR count). The van der Waals surface area contributed by atoms with Crippen LogP contribution in [0.2, 0.25) is 0 Å². The number of nitrogens with one attached hydrogen (secondary N) is 1. The summed E-state index contributed by atoms with van der Waals surface area (Å²) < 4.78 is 41.0. The number of aromatic nitrogens is 2. The number of nitrogens with zero attached hydrogens (tertiary/aromatic N) is 2. The van der Waals surface area contributed by atoms with Gasteiger partial charge in [-0.25, -0.2) is 4.98 Å². The Morgan fingerprint density at radius 3 is 2.61 bits per heavy atom. The Hall–Kier alpha value is -2.31. The summed E-state index contributed by atoms with van der Waals surface area (Å²) in [5.74, 6) is 0.154. The van der Waals surface area contributed by atoms with Crippen LogP contribution in [0.15, 0.2) is 36.7 Å². The van der Waals surface area contributed by atoms with Gasteiger partial charge in [-0.05, 0) is 30.9 Å². The number of halogens is 3. The van der Waals surface area contributed by atoms with Crippen molar-refractivity contribution in [3.63, 3.8) is 0 Å². The Balaban J connectivity index is 1.88. The molecule has 4 nitrogen and oxygen atoms in total. The molecule has 2 aromatic rings. The minimum atomic E-state index is -4.56. The summed E-state index contributed by atoms with van der Waals surface area (Å²) >= 11 is 0. The molecule has 1 aromatic carbocycles. The molecule has 7 heteroatoms. The van der Waals surface area contributed by atoms with Crippen molar-refractivity contribution in [2.24, 2.45) is 13.0 Å². The number of aryl methyl sites for hydroxylation is 1. The summed E-state index contributed by atoms with van der Waals surface area (Å²) in [5, 5.41) is 2.73. The van der Waals surface area contributed by atoms with Crippen LogP contribution >= 0.6 is 0 Å². The highest BCUT2D eigenvalue weighted by Crippen LogP contribution is 2.41. The van der Waals surface area contributed by atoms with Crippen molar-refractivity contribution in [2.45, 2.75) is 25.1 Å². The van der Waals surface area contributed by atoms with Crippen molar-refractivity contribution in [3.8, 4) is 0 Å². The Morgan fingerprint density at radius 1 is 1.35 bits per heavy atom. The van der Waals surface area contributed by atoms with E-state index in [0.29, 0.717) is 5.82 Å². The van der Waals surface area contributed by atoms with Gasteiger partial charge in [-0.1, -0.05) is 12.1 Å². The topological polar surface area (TPSA) is 46.9 Å². The second kappa shape index (κ2) is 5.72. The van der Waals surface area contributed by atoms with Crippen LogP contribution in [0.5, 0.6) is 0 Å². The first-order valence-electron chi connectivity index (χ1n) is 7.32. The average molecular weight is 323 g/mol. The summed E-state index contributed by atoms with van der Waals surface area (Å²) in [5.41, 5.74) is -1.29. The number of carbonyl (C=O) groups excluding carboxylic acids is 1. The van der Waals surface area contributed by atoms with Gasteiger partial charge < -0.3 is 9.88 Å².